The van der Waals surface area contributed by atoms with Crippen LogP contribution in [0.25, 0.3) is 0 Å². The van der Waals surface area contributed by atoms with E-state index in [1.807, 2.05) is 42.6 Å². The van der Waals surface area contributed by atoms with Crippen molar-refractivity contribution in [1.82, 2.24) is 9.88 Å². The Morgan fingerprint density at radius 3 is 2.31 bits per heavy atom. The Bertz CT molecular complexity index is 794. The van der Waals surface area contributed by atoms with Crippen molar-refractivity contribution >= 4 is 0 Å². The van der Waals surface area contributed by atoms with Crippen LogP contribution in [-0.2, 0) is 19.6 Å². The maximum atomic E-state index is 10.1. The number of hydrogen-bond donors (Lipinski definition) is 1. The molecule has 6 heteroatoms. The predicted molar refractivity (Wildman–Crippen MR) is 97.1 cm³/mol. The van der Waals surface area contributed by atoms with Gasteiger partial charge in [0.25, 0.3) is 0 Å². The van der Waals surface area contributed by atoms with Crippen molar-refractivity contribution in [2.24, 2.45) is 0 Å². The van der Waals surface area contributed by atoms with Gasteiger partial charge < -0.3 is 19.0 Å². The topological polar surface area (TPSA) is 68.0 Å². The molecule has 0 spiro atoms. The fraction of sp³-hybridized carbons (Fsp3) is 0.250. The van der Waals surface area contributed by atoms with E-state index in [1.54, 1.807) is 12.5 Å². The van der Waals surface area contributed by atoms with Crippen molar-refractivity contribution in [3.8, 4) is 17.2 Å². The van der Waals surface area contributed by atoms with E-state index in [0.717, 1.165) is 16.9 Å². The second kappa shape index (κ2) is 8.40. The van der Waals surface area contributed by atoms with Gasteiger partial charge in [0, 0.05) is 25.5 Å². The van der Waals surface area contributed by atoms with Gasteiger partial charge in [-0.1, -0.05) is 6.07 Å². The zero-order valence-corrected chi connectivity index (χ0v) is 14.9. The van der Waals surface area contributed by atoms with Gasteiger partial charge in [-0.05, 0) is 41.5 Å². The average molecular weight is 354 g/mol. The Kier molecular flexibility index (Phi) is 5.76. The molecular weight excluding hydrogens is 332 g/mol. The van der Waals surface area contributed by atoms with E-state index in [2.05, 4.69) is 9.88 Å². The third kappa shape index (κ3) is 4.34. The van der Waals surface area contributed by atoms with E-state index in [9.17, 15) is 5.11 Å². The standard InChI is InChI=1S/C20H22N2O4/c1-24-18-9-16(10-19(25-2)20(18)23)13-22(14-17-6-4-8-26-17)12-15-5-3-7-21-11-15/h3-11,23H,12-14H2,1-2H3. The molecule has 136 valence electrons. The number of furan rings is 1. The Labute approximate surface area is 152 Å². The molecule has 26 heavy (non-hydrogen) atoms. The highest BCUT2D eigenvalue weighted by atomic mass is 16.5. The highest BCUT2D eigenvalue weighted by Gasteiger charge is 2.15. The summed E-state index contributed by atoms with van der Waals surface area (Å²) in [6.45, 7) is 1.98. The second-order valence-corrected chi connectivity index (χ2v) is 5.93. The molecule has 1 aromatic carbocycles. The number of nitrogens with zero attached hydrogens (tertiary/aromatic N) is 2. The van der Waals surface area contributed by atoms with Gasteiger partial charge >= 0.3 is 0 Å². The summed E-state index contributed by atoms with van der Waals surface area (Å²) in [7, 11) is 3.04. The van der Waals surface area contributed by atoms with Crippen molar-refractivity contribution in [1.29, 1.82) is 0 Å². The molecule has 0 saturated carbocycles. The molecule has 3 aromatic rings. The lowest BCUT2D eigenvalue weighted by molar-refractivity contribution is 0.225. The van der Waals surface area contributed by atoms with Gasteiger partial charge in [-0.25, -0.2) is 0 Å². The first-order valence-electron chi connectivity index (χ1n) is 8.27. The Balaban J connectivity index is 1.85. The van der Waals surface area contributed by atoms with Crippen LogP contribution in [0.5, 0.6) is 17.2 Å². The predicted octanol–water partition coefficient (Wildman–Crippen LogP) is 3.60. The summed E-state index contributed by atoms with van der Waals surface area (Å²) in [5, 5.41) is 10.1. The quantitative estimate of drug-likeness (QED) is 0.667. The van der Waals surface area contributed by atoms with Crippen molar-refractivity contribution in [2.45, 2.75) is 19.6 Å². The number of methoxy groups -OCH3 is 2. The lowest BCUT2D eigenvalue weighted by atomic mass is 10.1. The van der Waals surface area contributed by atoms with Gasteiger partial charge in [0.05, 0.1) is 27.0 Å². The number of aromatic nitrogens is 1. The maximum absolute atomic E-state index is 10.1. The average Bonchev–Trinajstić information content (AvgIpc) is 3.16. The van der Waals surface area contributed by atoms with E-state index in [0.29, 0.717) is 31.1 Å². The second-order valence-electron chi connectivity index (χ2n) is 5.93. The van der Waals surface area contributed by atoms with E-state index < -0.39 is 0 Å². The van der Waals surface area contributed by atoms with Crippen LogP contribution >= 0.6 is 0 Å². The van der Waals surface area contributed by atoms with Crippen LogP contribution < -0.4 is 9.47 Å². The molecule has 6 nitrogen and oxygen atoms in total. The molecule has 0 bridgehead atoms. The number of benzene rings is 1. The van der Waals surface area contributed by atoms with Crippen LogP contribution in [0.3, 0.4) is 0 Å². The van der Waals surface area contributed by atoms with Crippen LogP contribution in [0.4, 0.5) is 0 Å². The summed E-state index contributed by atoms with van der Waals surface area (Å²) >= 11 is 0. The van der Waals surface area contributed by atoms with Crippen LogP contribution in [0, 0.1) is 0 Å². The van der Waals surface area contributed by atoms with Crippen LogP contribution in [0.2, 0.25) is 0 Å². The van der Waals surface area contributed by atoms with Crippen molar-refractivity contribution < 1.29 is 19.0 Å². The van der Waals surface area contributed by atoms with E-state index in [-0.39, 0.29) is 5.75 Å². The molecule has 2 aromatic heterocycles. The maximum Gasteiger partial charge on any atom is 0.200 e. The van der Waals surface area contributed by atoms with Gasteiger partial charge in [0.1, 0.15) is 5.76 Å². The van der Waals surface area contributed by atoms with Gasteiger partial charge in [0.15, 0.2) is 11.5 Å². The van der Waals surface area contributed by atoms with Gasteiger partial charge in [-0.15, -0.1) is 0 Å². The SMILES string of the molecule is COc1cc(CN(Cc2cccnc2)Cc2ccco2)cc(OC)c1O. The summed E-state index contributed by atoms with van der Waals surface area (Å²) in [4.78, 5) is 6.41. The van der Waals surface area contributed by atoms with Crippen LogP contribution in [-0.4, -0.2) is 29.2 Å². The Morgan fingerprint density at radius 1 is 1.00 bits per heavy atom. The molecule has 0 amide bonds. The number of phenols is 1. The first-order chi connectivity index (χ1) is 12.7. The molecule has 0 atom stereocenters. The number of ether oxygens (including phenoxy) is 2. The summed E-state index contributed by atoms with van der Waals surface area (Å²) in [6, 6.07) is 11.4. The highest BCUT2D eigenvalue weighted by molar-refractivity contribution is 5.52. The van der Waals surface area contributed by atoms with Gasteiger partial charge in [-0.3, -0.25) is 9.88 Å². The Morgan fingerprint density at radius 2 is 1.73 bits per heavy atom. The van der Waals surface area contributed by atoms with Crippen molar-refractivity contribution in [2.75, 3.05) is 14.2 Å². The fourth-order valence-corrected chi connectivity index (χ4v) is 2.84. The third-order valence-corrected chi connectivity index (χ3v) is 4.03. The fourth-order valence-electron chi connectivity index (χ4n) is 2.84. The molecule has 3 rings (SSSR count). The molecule has 0 saturated heterocycles. The van der Waals surface area contributed by atoms with E-state index >= 15 is 0 Å². The van der Waals surface area contributed by atoms with Crippen LogP contribution in [0.15, 0.2) is 59.5 Å². The lowest BCUT2D eigenvalue weighted by Crippen LogP contribution is -2.22. The molecule has 0 aliphatic rings. The molecule has 0 aliphatic heterocycles. The van der Waals surface area contributed by atoms with E-state index in [1.165, 1.54) is 14.2 Å². The zero-order chi connectivity index (χ0) is 18.4. The summed E-state index contributed by atoms with van der Waals surface area (Å²) in [5.41, 5.74) is 2.07. The molecular formula is C20H22N2O4. The molecule has 2 heterocycles. The van der Waals surface area contributed by atoms with E-state index in [4.69, 9.17) is 13.9 Å². The van der Waals surface area contributed by atoms with Gasteiger partial charge in [-0.2, -0.15) is 0 Å². The molecule has 0 aliphatic carbocycles. The summed E-state index contributed by atoms with van der Waals surface area (Å²) in [6.07, 6.45) is 5.29. The van der Waals surface area contributed by atoms with Crippen LogP contribution in [0.1, 0.15) is 16.9 Å². The summed E-state index contributed by atoms with van der Waals surface area (Å²) < 4.78 is 16.0. The third-order valence-electron chi connectivity index (χ3n) is 4.03. The largest absolute Gasteiger partial charge is 0.502 e. The smallest absolute Gasteiger partial charge is 0.200 e. The molecule has 0 unspecified atom stereocenters. The minimum atomic E-state index is 0.00333. The minimum absolute atomic E-state index is 0.00333. The van der Waals surface area contributed by atoms with Crippen molar-refractivity contribution in [3.05, 3.63) is 71.9 Å². The Hall–Kier alpha value is -2.99. The number of pyridine rings is 1. The monoisotopic (exact) mass is 354 g/mol. The molecule has 0 radical (unpaired) electrons. The highest BCUT2D eigenvalue weighted by Crippen LogP contribution is 2.37. The molecule has 0 fully saturated rings. The number of rotatable bonds is 8. The first-order valence-corrected chi connectivity index (χ1v) is 8.27. The number of phenolic OH excluding ortho intramolecular Hbond substituents is 1. The normalized spacial score (nSPS) is 10.9. The minimum Gasteiger partial charge on any atom is -0.502 e. The number of hydrogen-bond acceptors (Lipinski definition) is 6. The summed E-state index contributed by atoms with van der Waals surface area (Å²) in [5.74, 6) is 1.66. The first kappa shape index (κ1) is 17.8. The zero-order valence-electron chi connectivity index (χ0n) is 14.9. The lowest BCUT2D eigenvalue weighted by Gasteiger charge is -2.22. The number of aromatic hydroxyl groups is 1. The van der Waals surface area contributed by atoms with Gasteiger partial charge in [0.2, 0.25) is 5.75 Å². The van der Waals surface area contributed by atoms with Crippen molar-refractivity contribution in [3.63, 3.8) is 0 Å². The molecule has 1 N–H and O–H groups in total.